The third kappa shape index (κ3) is 3.21. The van der Waals surface area contributed by atoms with E-state index in [2.05, 4.69) is 47.8 Å². The number of rotatable bonds is 3. The third-order valence-corrected chi connectivity index (χ3v) is 5.48. The Balaban J connectivity index is 1.83. The van der Waals surface area contributed by atoms with Crippen LogP contribution in [0, 0.1) is 17.1 Å². The van der Waals surface area contributed by atoms with E-state index in [1.807, 2.05) is 37.3 Å². The van der Waals surface area contributed by atoms with Gasteiger partial charge in [-0.25, -0.2) is 9.37 Å². The van der Waals surface area contributed by atoms with Crippen molar-refractivity contribution >= 4 is 33.9 Å². The van der Waals surface area contributed by atoms with Crippen molar-refractivity contribution in [3.8, 4) is 6.07 Å². The van der Waals surface area contributed by atoms with Crippen LogP contribution in [0.5, 0.6) is 0 Å². The van der Waals surface area contributed by atoms with Crippen molar-refractivity contribution in [2.75, 3.05) is 11.4 Å². The second-order valence-corrected chi connectivity index (χ2v) is 7.89. The van der Waals surface area contributed by atoms with Crippen LogP contribution in [0.2, 0.25) is 0 Å². The lowest BCUT2D eigenvalue weighted by Gasteiger charge is -2.42. The smallest absolute Gasteiger partial charge is 0.149 e. The SMILES string of the molecule is CCN1c2cc(F)c(/C=C(\C#N)c3nc4ccccc4[nH]3)cc2C(C)=CC1(C)C. The first-order chi connectivity index (χ1) is 13.8. The van der Waals surface area contributed by atoms with Crippen molar-refractivity contribution in [2.24, 2.45) is 0 Å². The zero-order chi connectivity index (χ0) is 20.8. The Bertz CT molecular complexity index is 1170. The van der Waals surface area contributed by atoms with E-state index in [0.29, 0.717) is 17.0 Å². The normalized spacial score (nSPS) is 15.8. The molecule has 0 saturated heterocycles. The fourth-order valence-corrected chi connectivity index (χ4v) is 4.19. The standard InChI is InChI=1S/C24H23FN4/c1-5-29-22-12-19(25)16(11-18(22)15(2)13-24(29,3)4)10-17(14-26)23-27-20-8-6-7-9-21(20)28-23/h6-13H,5H2,1-4H3,(H,27,28)/b17-10+. The second-order valence-electron chi connectivity index (χ2n) is 7.89. The minimum atomic E-state index is -0.350. The van der Waals surface area contributed by atoms with E-state index in [9.17, 15) is 5.26 Å². The molecule has 0 unspecified atom stereocenters. The highest BCUT2D eigenvalue weighted by molar-refractivity contribution is 5.92. The molecule has 0 fully saturated rings. The molecule has 1 aliphatic heterocycles. The molecule has 146 valence electrons. The number of anilines is 1. The van der Waals surface area contributed by atoms with Crippen LogP contribution in [0.3, 0.4) is 0 Å². The van der Waals surface area contributed by atoms with Gasteiger partial charge in [0.2, 0.25) is 0 Å². The maximum Gasteiger partial charge on any atom is 0.149 e. The summed E-state index contributed by atoms with van der Waals surface area (Å²) < 4.78 is 15.1. The summed E-state index contributed by atoms with van der Waals surface area (Å²) in [6, 6.07) is 13.1. The minimum Gasteiger partial charge on any atom is -0.363 e. The Hall–Kier alpha value is -3.39. The van der Waals surface area contributed by atoms with E-state index in [-0.39, 0.29) is 11.4 Å². The number of benzene rings is 2. The number of hydrogen-bond donors (Lipinski definition) is 1. The van der Waals surface area contributed by atoms with E-state index >= 15 is 4.39 Å². The number of para-hydroxylation sites is 2. The molecule has 5 heteroatoms. The van der Waals surface area contributed by atoms with Gasteiger partial charge in [-0.3, -0.25) is 0 Å². The molecule has 0 bridgehead atoms. The van der Waals surface area contributed by atoms with Gasteiger partial charge in [0.05, 0.1) is 22.1 Å². The molecule has 1 aromatic heterocycles. The number of aromatic nitrogens is 2. The highest BCUT2D eigenvalue weighted by atomic mass is 19.1. The van der Waals surface area contributed by atoms with Crippen LogP contribution in [0.15, 0.2) is 42.5 Å². The monoisotopic (exact) mass is 386 g/mol. The summed E-state index contributed by atoms with van der Waals surface area (Å²) in [4.78, 5) is 9.80. The molecule has 0 aliphatic carbocycles. The van der Waals surface area contributed by atoms with E-state index < -0.39 is 0 Å². The summed E-state index contributed by atoms with van der Waals surface area (Å²) in [7, 11) is 0. The average Bonchev–Trinajstić information content (AvgIpc) is 3.10. The molecule has 4 nitrogen and oxygen atoms in total. The molecule has 0 amide bonds. The first kappa shape index (κ1) is 18.9. The van der Waals surface area contributed by atoms with Crippen molar-refractivity contribution in [3.05, 3.63) is 65.2 Å². The number of allylic oxidation sites excluding steroid dienone is 2. The van der Waals surface area contributed by atoms with Gasteiger partial charge >= 0.3 is 0 Å². The number of halogens is 1. The van der Waals surface area contributed by atoms with Crippen LogP contribution < -0.4 is 4.90 Å². The molecule has 0 atom stereocenters. The largest absolute Gasteiger partial charge is 0.363 e. The summed E-state index contributed by atoms with van der Waals surface area (Å²) in [5, 5.41) is 9.68. The van der Waals surface area contributed by atoms with Gasteiger partial charge in [-0.15, -0.1) is 0 Å². The van der Waals surface area contributed by atoms with Crippen molar-refractivity contribution in [3.63, 3.8) is 0 Å². The van der Waals surface area contributed by atoms with Crippen molar-refractivity contribution in [1.82, 2.24) is 9.97 Å². The first-order valence-electron chi connectivity index (χ1n) is 9.72. The Morgan fingerprint density at radius 1 is 1.31 bits per heavy atom. The lowest BCUT2D eigenvalue weighted by Crippen LogP contribution is -2.45. The molecule has 0 spiro atoms. The van der Waals surface area contributed by atoms with Crippen LogP contribution in [-0.4, -0.2) is 22.1 Å². The topological polar surface area (TPSA) is 55.7 Å². The molecular weight excluding hydrogens is 363 g/mol. The van der Waals surface area contributed by atoms with Crippen LogP contribution in [0.25, 0.3) is 28.3 Å². The first-order valence-corrected chi connectivity index (χ1v) is 9.72. The molecule has 0 saturated carbocycles. The van der Waals surface area contributed by atoms with E-state index in [1.165, 1.54) is 0 Å². The fraction of sp³-hybridized carbons (Fsp3) is 0.250. The van der Waals surface area contributed by atoms with Gasteiger partial charge in [0.15, 0.2) is 0 Å². The van der Waals surface area contributed by atoms with Gasteiger partial charge in [0, 0.05) is 23.4 Å². The average molecular weight is 386 g/mol. The number of hydrogen-bond acceptors (Lipinski definition) is 3. The number of H-pyrrole nitrogens is 1. The minimum absolute atomic E-state index is 0.179. The molecule has 4 rings (SSSR count). The Labute approximate surface area is 170 Å². The summed E-state index contributed by atoms with van der Waals surface area (Å²) in [5.74, 6) is 0.0889. The number of nitriles is 1. The van der Waals surface area contributed by atoms with Gasteiger partial charge in [0.1, 0.15) is 17.7 Å². The van der Waals surface area contributed by atoms with E-state index in [0.717, 1.165) is 34.4 Å². The van der Waals surface area contributed by atoms with Gasteiger partial charge in [-0.2, -0.15) is 5.26 Å². The van der Waals surface area contributed by atoms with Crippen LogP contribution in [-0.2, 0) is 0 Å². The third-order valence-electron chi connectivity index (χ3n) is 5.48. The summed E-state index contributed by atoms with van der Waals surface area (Å²) in [6.07, 6.45) is 3.77. The number of likely N-dealkylation sites (N-methyl/N-ethyl adjacent to an activating group) is 1. The fourth-order valence-electron chi connectivity index (χ4n) is 4.19. The van der Waals surface area contributed by atoms with E-state index in [1.54, 1.807) is 12.1 Å². The summed E-state index contributed by atoms with van der Waals surface area (Å²) in [5.41, 5.74) is 5.08. The van der Waals surface area contributed by atoms with Gasteiger partial charge in [0.25, 0.3) is 0 Å². The number of nitrogens with zero attached hydrogens (tertiary/aromatic N) is 3. The maximum atomic E-state index is 15.1. The lowest BCUT2D eigenvalue weighted by molar-refractivity contribution is 0.561. The number of fused-ring (bicyclic) bond motifs is 2. The predicted molar refractivity (Wildman–Crippen MR) is 117 cm³/mol. The Kier molecular flexibility index (Phi) is 4.50. The zero-order valence-corrected chi connectivity index (χ0v) is 17.0. The lowest BCUT2D eigenvalue weighted by atomic mass is 9.87. The van der Waals surface area contributed by atoms with Crippen molar-refractivity contribution < 1.29 is 4.39 Å². The molecule has 3 aromatic rings. The van der Waals surface area contributed by atoms with Crippen LogP contribution >= 0.6 is 0 Å². The molecule has 2 aromatic carbocycles. The predicted octanol–water partition coefficient (Wildman–Crippen LogP) is 5.79. The van der Waals surface area contributed by atoms with Gasteiger partial charge in [-0.05, 0) is 63.6 Å². The number of aromatic amines is 1. The number of nitrogens with one attached hydrogen (secondary N) is 1. The van der Waals surface area contributed by atoms with Crippen LogP contribution in [0.4, 0.5) is 10.1 Å². The molecule has 1 aliphatic rings. The summed E-state index contributed by atoms with van der Waals surface area (Å²) >= 11 is 0. The maximum absolute atomic E-state index is 15.1. The highest BCUT2D eigenvalue weighted by Crippen LogP contribution is 2.40. The quantitative estimate of drug-likeness (QED) is 0.580. The second kappa shape index (κ2) is 6.89. The van der Waals surface area contributed by atoms with E-state index in [4.69, 9.17) is 0 Å². The van der Waals surface area contributed by atoms with Crippen molar-refractivity contribution in [2.45, 2.75) is 33.2 Å². The molecular formula is C24H23FN4. The van der Waals surface area contributed by atoms with Gasteiger partial charge < -0.3 is 9.88 Å². The van der Waals surface area contributed by atoms with Crippen LogP contribution in [0.1, 0.15) is 44.6 Å². The molecule has 1 N–H and O–H groups in total. The molecule has 29 heavy (non-hydrogen) atoms. The number of imidazole rings is 1. The zero-order valence-electron chi connectivity index (χ0n) is 17.0. The molecule has 0 radical (unpaired) electrons. The molecule has 2 heterocycles. The Morgan fingerprint density at radius 2 is 2.07 bits per heavy atom. The highest BCUT2D eigenvalue weighted by Gasteiger charge is 2.31. The van der Waals surface area contributed by atoms with Gasteiger partial charge in [-0.1, -0.05) is 18.2 Å². The Morgan fingerprint density at radius 3 is 2.76 bits per heavy atom. The summed E-state index contributed by atoms with van der Waals surface area (Å²) in [6.45, 7) is 9.15. The van der Waals surface area contributed by atoms with Crippen molar-refractivity contribution in [1.29, 1.82) is 5.26 Å².